The summed E-state index contributed by atoms with van der Waals surface area (Å²) < 4.78 is 19.5. The number of ether oxygens (including phenoxy) is 3. The number of carbonyl (C=O) groups excluding carboxylic acids is 1. The number of rotatable bonds is 10. The summed E-state index contributed by atoms with van der Waals surface area (Å²) in [7, 11) is 4.54. The molecule has 0 radical (unpaired) electrons. The summed E-state index contributed by atoms with van der Waals surface area (Å²) in [6.45, 7) is 2.62. The molecule has 4 rings (SSSR count). The molecule has 4 aromatic rings. The molecule has 0 bridgehead atoms. The van der Waals surface area contributed by atoms with E-state index in [2.05, 4.69) is 22.4 Å². The zero-order valence-corrected chi connectivity index (χ0v) is 20.8. The van der Waals surface area contributed by atoms with Crippen LogP contribution in [-0.4, -0.2) is 52.2 Å². The number of aromatic nitrogens is 4. The summed E-state index contributed by atoms with van der Waals surface area (Å²) in [6, 6.07) is 10.7. The van der Waals surface area contributed by atoms with E-state index in [1.165, 1.54) is 33.1 Å². The van der Waals surface area contributed by atoms with E-state index >= 15 is 0 Å². The fourth-order valence-corrected chi connectivity index (χ4v) is 4.57. The lowest BCUT2D eigenvalue weighted by Crippen LogP contribution is -2.23. The average Bonchev–Trinajstić information content (AvgIpc) is 3.30. The number of aryl methyl sites for hydroxylation is 1. The van der Waals surface area contributed by atoms with Crippen LogP contribution in [-0.2, 0) is 11.3 Å². The van der Waals surface area contributed by atoms with Crippen LogP contribution in [0.1, 0.15) is 19.8 Å². The van der Waals surface area contributed by atoms with E-state index < -0.39 is 0 Å². The number of hydrogen-bond donors (Lipinski definition) is 1. The molecule has 0 aliphatic rings. The van der Waals surface area contributed by atoms with E-state index in [9.17, 15) is 9.59 Å². The highest BCUT2D eigenvalue weighted by molar-refractivity contribution is 7.99. The molecule has 0 aliphatic carbocycles. The Labute approximate surface area is 206 Å². The summed E-state index contributed by atoms with van der Waals surface area (Å²) in [5, 5.41) is 12.5. The van der Waals surface area contributed by atoms with Crippen molar-refractivity contribution in [3.05, 3.63) is 46.8 Å². The largest absolute Gasteiger partial charge is 0.493 e. The van der Waals surface area contributed by atoms with Gasteiger partial charge in [0, 0.05) is 24.4 Å². The first-order chi connectivity index (χ1) is 17.0. The van der Waals surface area contributed by atoms with Gasteiger partial charge in [0.2, 0.25) is 17.4 Å². The number of fused-ring (bicyclic) bond motifs is 3. The lowest BCUT2D eigenvalue weighted by molar-refractivity contribution is -0.113. The summed E-state index contributed by atoms with van der Waals surface area (Å²) >= 11 is 1.24. The van der Waals surface area contributed by atoms with Gasteiger partial charge in [0.1, 0.15) is 0 Å². The number of carbonyl (C=O) groups is 1. The fourth-order valence-electron chi connectivity index (χ4n) is 3.83. The Morgan fingerprint density at radius 3 is 2.43 bits per heavy atom. The van der Waals surface area contributed by atoms with Crippen molar-refractivity contribution < 1.29 is 19.0 Å². The normalized spacial score (nSPS) is 11.1. The third-order valence-corrected chi connectivity index (χ3v) is 6.42. The number of para-hydroxylation sites is 1. The van der Waals surface area contributed by atoms with Gasteiger partial charge in [-0.25, -0.2) is 0 Å². The van der Waals surface area contributed by atoms with Crippen molar-refractivity contribution >= 4 is 40.0 Å². The number of nitrogens with one attached hydrogen (secondary N) is 1. The number of anilines is 1. The van der Waals surface area contributed by atoms with E-state index in [-0.39, 0.29) is 17.2 Å². The van der Waals surface area contributed by atoms with Gasteiger partial charge in [-0.2, -0.15) is 0 Å². The monoisotopic (exact) mass is 497 g/mol. The highest BCUT2D eigenvalue weighted by Crippen LogP contribution is 2.40. The van der Waals surface area contributed by atoms with Gasteiger partial charge in [0.15, 0.2) is 16.7 Å². The van der Waals surface area contributed by atoms with E-state index in [4.69, 9.17) is 14.2 Å². The van der Waals surface area contributed by atoms with Gasteiger partial charge in [0.25, 0.3) is 5.56 Å². The molecule has 184 valence electrons. The maximum Gasteiger partial charge on any atom is 0.262 e. The molecule has 0 saturated carbocycles. The Morgan fingerprint density at radius 2 is 1.77 bits per heavy atom. The maximum absolute atomic E-state index is 13.1. The predicted octanol–water partition coefficient (Wildman–Crippen LogP) is 3.60. The number of methoxy groups -OCH3 is 3. The minimum absolute atomic E-state index is 0.0832. The lowest BCUT2D eigenvalue weighted by atomic mass is 10.2. The molecule has 10 nitrogen and oxygen atoms in total. The third-order valence-electron chi connectivity index (χ3n) is 5.49. The van der Waals surface area contributed by atoms with Crippen LogP contribution in [0.5, 0.6) is 17.2 Å². The van der Waals surface area contributed by atoms with Crippen LogP contribution in [0, 0.1) is 0 Å². The van der Waals surface area contributed by atoms with Gasteiger partial charge in [-0.05, 0) is 18.6 Å². The van der Waals surface area contributed by atoms with Crippen molar-refractivity contribution in [2.24, 2.45) is 0 Å². The zero-order chi connectivity index (χ0) is 24.9. The molecule has 0 saturated heterocycles. The number of unbranched alkanes of at least 4 members (excludes halogenated alkanes) is 1. The average molecular weight is 498 g/mol. The van der Waals surface area contributed by atoms with Crippen molar-refractivity contribution in [3.8, 4) is 17.2 Å². The topological polar surface area (TPSA) is 109 Å². The maximum atomic E-state index is 13.1. The van der Waals surface area contributed by atoms with Crippen molar-refractivity contribution in [2.75, 3.05) is 32.4 Å². The Hall–Kier alpha value is -3.73. The summed E-state index contributed by atoms with van der Waals surface area (Å²) in [6.07, 6.45) is 1.79. The molecule has 0 fully saturated rings. The van der Waals surface area contributed by atoms with Crippen LogP contribution in [0.3, 0.4) is 0 Å². The molecule has 1 amide bonds. The summed E-state index contributed by atoms with van der Waals surface area (Å²) in [5.41, 5.74) is 1.12. The molecule has 35 heavy (non-hydrogen) atoms. The van der Waals surface area contributed by atoms with Gasteiger partial charge in [-0.1, -0.05) is 37.2 Å². The van der Waals surface area contributed by atoms with Gasteiger partial charge in [-0.15, -0.1) is 10.2 Å². The van der Waals surface area contributed by atoms with Gasteiger partial charge in [-0.3, -0.25) is 18.6 Å². The minimum atomic E-state index is -0.246. The van der Waals surface area contributed by atoms with Crippen LogP contribution in [0.2, 0.25) is 0 Å². The molecule has 1 N–H and O–H groups in total. The molecular weight excluding hydrogens is 470 g/mol. The lowest BCUT2D eigenvalue weighted by Gasteiger charge is -2.14. The first-order valence-electron chi connectivity index (χ1n) is 11.1. The molecule has 0 spiro atoms. The number of nitrogens with zero attached hydrogens (tertiary/aromatic N) is 4. The molecule has 0 unspecified atom stereocenters. The SMILES string of the molecule is CCCCn1c(=O)c2ccccc2n2c(SCC(=O)Nc3cc(OC)c(OC)c(OC)c3)nnc12. The van der Waals surface area contributed by atoms with Gasteiger partial charge in [0.05, 0.1) is 38.0 Å². The van der Waals surface area contributed by atoms with Crippen LogP contribution in [0.25, 0.3) is 16.7 Å². The zero-order valence-electron chi connectivity index (χ0n) is 20.0. The smallest absolute Gasteiger partial charge is 0.262 e. The van der Waals surface area contributed by atoms with E-state index in [0.29, 0.717) is 51.3 Å². The second kappa shape index (κ2) is 10.7. The first-order valence-corrected chi connectivity index (χ1v) is 12.1. The highest BCUT2D eigenvalue weighted by atomic mass is 32.2. The van der Waals surface area contributed by atoms with Crippen molar-refractivity contribution in [1.29, 1.82) is 0 Å². The number of amides is 1. The van der Waals surface area contributed by atoms with Crippen LogP contribution < -0.4 is 25.1 Å². The van der Waals surface area contributed by atoms with Gasteiger partial charge >= 0.3 is 0 Å². The Kier molecular flexibility index (Phi) is 7.45. The minimum Gasteiger partial charge on any atom is -0.493 e. The van der Waals surface area contributed by atoms with Crippen molar-refractivity contribution in [1.82, 2.24) is 19.2 Å². The van der Waals surface area contributed by atoms with Crippen LogP contribution >= 0.6 is 11.8 Å². The summed E-state index contributed by atoms with van der Waals surface area (Å²) in [5.74, 6) is 1.63. The third kappa shape index (κ3) is 4.76. The molecule has 2 aromatic heterocycles. The molecule has 0 atom stereocenters. The molecule has 11 heteroatoms. The van der Waals surface area contributed by atoms with Crippen LogP contribution in [0.4, 0.5) is 5.69 Å². The fraction of sp³-hybridized carbons (Fsp3) is 0.333. The number of benzene rings is 2. The molecule has 0 aliphatic heterocycles. The standard InChI is InChI=1S/C24H27N5O5S/c1-5-6-11-28-22(31)16-9-7-8-10-17(16)29-23(28)26-27-24(29)35-14-20(30)25-15-12-18(32-2)21(34-4)19(13-15)33-3/h7-10,12-13H,5-6,11,14H2,1-4H3,(H,25,30). The van der Waals surface area contributed by atoms with E-state index in [1.54, 1.807) is 22.8 Å². The van der Waals surface area contributed by atoms with E-state index in [0.717, 1.165) is 12.8 Å². The Morgan fingerprint density at radius 1 is 1.06 bits per heavy atom. The number of hydrogen-bond acceptors (Lipinski definition) is 8. The Bertz CT molecular complexity index is 1410. The highest BCUT2D eigenvalue weighted by Gasteiger charge is 2.18. The molecular formula is C24H27N5O5S. The molecule has 2 heterocycles. The van der Waals surface area contributed by atoms with Crippen molar-refractivity contribution in [2.45, 2.75) is 31.5 Å². The predicted molar refractivity (Wildman–Crippen MR) is 135 cm³/mol. The first kappa shape index (κ1) is 24.4. The molecule has 2 aromatic carbocycles. The van der Waals surface area contributed by atoms with Crippen molar-refractivity contribution in [3.63, 3.8) is 0 Å². The van der Waals surface area contributed by atoms with E-state index in [1.807, 2.05) is 22.6 Å². The van der Waals surface area contributed by atoms with Crippen LogP contribution in [0.15, 0.2) is 46.3 Å². The number of thioether (sulfide) groups is 1. The second-order valence-electron chi connectivity index (χ2n) is 7.70. The second-order valence-corrected chi connectivity index (χ2v) is 8.64. The quantitative estimate of drug-likeness (QED) is 0.331. The van der Waals surface area contributed by atoms with Gasteiger partial charge < -0.3 is 19.5 Å². The summed E-state index contributed by atoms with van der Waals surface area (Å²) in [4.78, 5) is 25.8. The Balaban J connectivity index is 1.61.